The first-order valence-corrected chi connectivity index (χ1v) is 8.35. The van der Waals surface area contributed by atoms with Crippen LogP contribution in [0.5, 0.6) is 0 Å². The predicted octanol–water partition coefficient (Wildman–Crippen LogP) is 5.07. The van der Waals surface area contributed by atoms with E-state index in [0.717, 1.165) is 5.56 Å². The van der Waals surface area contributed by atoms with Crippen LogP contribution in [0.3, 0.4) is 0 Å². The second-order valence-electron chi connectivity index (χ2n) is 4.65. The topological polar surface area (TPSA) is 26.0 Å². The second kappa shape index (κ2) is 6.08. The first-order chi connectivity index (χ1) is 9.74. The monoisotopic (exact) mass is 391 g/mol. The lowest BCUT2D eigenvalue weighted by atomic mass is 9.98. The minimum absolute atomic E-state index is 0.0420. The normalized spacial score (nSPS) is 12.3. The summed E-state index contributed by atoms with van der Waals surface area (Å²) in [7, 11) is 0. The number of benzene rings is 2. The standard InChI is InChI=1S/C17H14INS/c18-16-10-15(11-20-16)17(19)14-8-6-13(7-9-14)12-4-2-1-3-5-12/h1-11,17H,19H2. The molecule has 0 bridgehead atoms. The molecular weight excluding hydrogens is 377 g/mol. The highest BCUT2D eigenvalue weighted by Gasteiger charge is 2.10. The molecule has 3 aromatic rings. The SMILES string of the molecule is NC(c1ccc(-c2ccccc2)cc1)c1csc(I)c1. The summed E-state index contributed by atoms with van der Waals surface area (Å²) in [5, 5.41) is 2.14. The molecule has 2 N–H and O–H groups in total. The highest BCUT2D eigenvalue weighted by atomic mass is 127. The molecule has 1 nitrogen and oxygen atoms in total. The zero-order valence-electron chi connectivity index (χ0n) is 10.8. The lowest BCUT2D eigenvalue weighted by molar-refractivity contribution is 0.877. The first kappa shape index (κ1) is 13.8. The van der Waals surface area contributed by atoms with E-state index in [2.05, 4.69) is 82.6 Å². The van der Waals surface area contributed by atoms with Gasteiger partial charge in [-0.1, -0.05) is 54.6 Å². The van der Waals surface area contributed by atoms with Crippen molar-refractivity contribution in [3.05, 3.63) is 80.1 Å². The van der Waals surface area contributed by atoms with Crippen molar-refractivity contribution in [3.63, 3.8) is 0 Å². The van der Waals surface area contributed by atoms with Crippen LogP contribution in [0.2, 0.25) is 0 Å². The highest BCUT2D eigenvalue weighted by Crippen LogP contribution is 2.27. The van der Waals surface area contributed by atoms with Crippen molar-refractivity contribution in [2.24, 2.45) is 5.73 Å². The fraction of sp³-hybridized carbons (Fsp3) is 0.0588. The van der Waals surface area contributed by atoms with E-state index >= 15 is 0 Å². The molecule has 100 valence electrons. The molecule has 0 fully saturated rings. The van der Waals surface area contributed by atoms with Crippen LogP contribution < -0.4 is 5.73 Å². The van der Waals surface area contributed by atoms with E-state index in [1.54, 1.807) is 11.3 Å². The van der Waals surface area contributed by atoms with Crippen molar-refractivity contribution < 1.29 is 0 Å². The summed E-state index contributed by atoms with van der Waals surface area (Å²) < 4.78 is 1.27. The van der Waals surface area contributed by atoms with E-state index in [-0.39, 0.29) is 6.04 Å². The molecule has 1 aromatic heterocycles. The van der Waals surface area contributed by atoms with Crippen molar-refractivity contribution in [2.75, 3.05) is 0 Å². The molecule has 0 aliphatic carbocycles. The minimum Gasteiger partial charge on any atom is -0.320 e. The van der Waals surface area contributed by atoms with Gasteiger partial charge in [0.25, 0.3) is 0 Å². The molecule has 20 heavy (non-hydrogen) atoms. The molecule has 3 rings (SSSR count). The number of halogens is 1. The molecule has 0 spiro atoms. The molecule has 0 aliphatic heterocycles. The molecule has 0 aliphatic rings. The van der Waals surface area contributed by atoms with Crippen LogP contribution in [-0.2, 0) is 0 Å². The summed E-state index contributed by atoms with van der Waals surface area (Å²) in [6, 6.07) is 21.0. The van der Waals surface area contributed by atoms with Gasteiger partial charge >= 0.3 is 0 Å². The maximum atomic E-state index is 6.32. The van der Waals surface area contributed by atoms with Crippen molar-refractivity contribution >= 4 is 33.9 Å². The Hall–Kier alpha value is -1.17. The smallest absolute Gasteiger partial charge is 0.0656 e. The third-order valence-electron chi connectivity index (χ3n) is 3.32. The maximum Gasteiger partial charge on any atom is 0.0656 e. The van der Waals surface area contributed by atoms with Crippen LogP contribution in [-0.4, -0.2) is 0 Å². The van der Waals surface area contributed by atoms with Gasteiger partial charge in [0.05, 0.1) is 8.93 Å². The van der Waals surface area contributed by atoms with Gasteiger partial charge in [0.1, 0.15) is 0 Å². The molecule has 0 saturated heterocycles. The Morgan fingerprint density at radius 1 is 0.850 bits per heavy atom. The number of hydrogen-bond acceptors (Lipinski definition) is 2. The summed E-state index contributed by atoms with van der Waals surface area (Å²) in [6.45, 7) is 0. The zero-order valence-corrected chi connectivity index (χ0v) is 13.8. The van der Waals surface area contributed by atoms with Crippen LogP contribution in [0.4, 0.5) is 0 Å². The quantitative estimate of drug-likeness (QED) is 0.620. The van der Waals surface area contributed by atoms with E-state index in [9.17, 15) is 0 Å². The van der Waals surface area contributed by atoms with E-state index in [1.807, 2.05) is 6.07 Å². The Kier molecular flexibility index (Phi) is 4.19. The second-order valence-corrected chi connectivity index (χ2v) is 7.46. The molecule has 0 saturated carbocycles. The van der Waals surface area contributed by atoms with Crippen molar-refractivity contribution in [1.82, 2.24) is 0 Å². The Bertz CT molecular complexity index is 689. The van der Waals surface area contributed by atoms with Gasteiger partial charge in [-0.3, -0.25) is 0 Å². The van der Waals surface area contributed by atoms with Gasteiger partial charge in [-0.2, -0.15) is 0 Å². The molecule has 1 unspecified atom stereocenters. The van der Waals surface area contributed by atoms with Gasteiger partial charge in [0, 0.05) is 0 Å². The van der Waals surface area contributed by atoms with Crippen molar-refractivity contribution in [3.8, 4) is 11.1 Å². The molecule has 0 amide bonds. The Labute approximate surface area is 136 Å². The summed E-state index contributed by atoms with van der Waals surface area (Å²) in [6.07, 6.45) is 0. The first-order valence-electron chi connectivity index (χ1n) is 6.39. The van der Waals surface area contributed by atoms with Crippen LogP contribution in [0.1, 0.15) is 17.2 Å². The van der Waals surface area contributed by atoms with Gasteiger partial charge in [-0.05, 0) is 56.3 Å². The molecule has 3 heteroatoms. The van der Waals surface area contributed by atoms with Gasteiger partial charge in [-0.15, -0.1) is 11.3 Å². The van der Waals surface area contributed by atoms with Gasteiger partial charge in [0.2, 0.25) is 0 Å². The van der Waals surface area contributed by atoms with Crippen LogP contribution in [0, 0.1) is 2.88 Å². The molecule has 2 aromatic carbocycles. The van der Waals surface area contributed by atoms with Crippen LogP contribution >= 0.6 is 33.9 Å². The van der Waals surface area contributed by atoms with Gasteiger partial charge in [0.15, 0.2) is 0 Å². The highest BCUT2D eigenvalue weighted by molar-refractivity contribution is 14.1. The largest absolute Gasteiger partial charge is 0.320 e. The van der Waals surface area contributed by atoms with Crippen LogP contribution in [0.25, 0.3) is 11.1 Å². The number of thiophene rings is 1. The summed E-state index contributed by atoms with van der Waals surface area (Å²) in [4.78, 5) is 0. The van der Waals surface area contributed by atoms with Crippen molar-refractivity contribution in [1.29, 1.82) is 0 Å². The molecule has 1 atom stereocenters. The lowest BCUT2D eigenvalue weighted by Crippen LogP contribution is -2.10. The zero-order chi connectivity index (χ0) is 13.9. The van der Waals surface area contributed by atoms with E-state index in [4.69, 9.17) is 5.73 Å². The van der Waals surface area contributed by atoms with Gasteiger partial charge in [-0.25, -0.2) is 0 Å². The summed E-state index contributed by atoms with van der Waals surface area (Å²) >= 11 is 4.06. The Morgan fingerprint density at radius 2 is 1.50 bits per heavy atom. The summed E-state index contributed by atoms with van der Waals surface area (Å²) in [5.41, 5.74) is 11.1. The fourth-order valence-electron chi connectivity index (χ4n) is 2.19. The average Bonchev–Trinajstić information content (AvgIpc) is 2.94. The Balaban J connectivity index is 1.86. The number of hydrogen-bond donors (Lipinski definition) is 1. The summed E-state index contributed by atoms with van der Waals surface area (Å²) in [5.74, 6) is 0. The van der Waals surface area contributed by atoms with Gasteiger partial charge < -0.3 is 5.73 Å². The number of rotatable bonds is 3. The van der Waals surface area contributed by atoms with E-state index < -0.39 is 0 Å². The Morgan fingerprint density at radius 3 is 2.10 bits per heavy atom. The van der Waals surface area contributed by atoms with E-state index in [0.29, 0.717) is 0 Å². The third kappa shape index (κ3) is 2.95. The predicted molar refractivity (Wildman–Crippen MR) is 94.9 cm³/mol. The van der Waals surface area contributed by atoms with E-state index in [1.165, 1.54) is 19.6 Å². The molecular formula is C17H14INS. The maximum absolute atomic E-state index is 6.32. The number of nitrogens with two attached hydrogens (primary N) is 1. The lowest BCUT2D eigenvalue weighted by Gasteiger charge is -2.11. The van der Waals surface area contributed by atoms with Crippen LogP contribution in [0.15, 0.2) is 66.0 Å². The minimum atomic E-state index is -0.0420. The average molecular weight is 391 g/mol. The molecule has 1 heterocycles. The van der Waals surface area contributed by atoms with Crippen molar-refractivity contribution in [2.45, 2.75) is 6.04 Å². The fourth-order valence-corrected chi connectivity index (χ4v) is 3.60. The third-order valence-corrected chi connectivity index (χ3v) is 5.13. The molecule has 0 radical (unpaired) electrons.